The van der Waals surface area contributed by atoms with Gasteiger partial charge in [-0.25, -0.2) is 8.42 Å². The van der Waals surface area contributed by atoms with Crippen molar-refractivity contribution in [2.24, 2.45) is 0 Å². The Morgan fingerprint density at radius 3 is 2.43 bits per heavy atom. The number of nitrogens with zero attached hydrogens (tertiary/aromatic N) is 1. The zero-order valence-electron chi connectivity index (χ0n) is 14.9. The van der Waals surface area contributed by atoms with Gasteiger partial charge in [-0.1, -0.05) is 5.16 Å². The third kappa shape index (κ3) is 4.62. The summed E-state index contributed by atoms with van der Waals surface area (Å²) in [5.74, 6) is 0.960. The Labute approximate surface area is 175 Å². The number of amides is 1. The molecule has 0 unspecified atom stereocenters. The third-order valence-electron chi connectivity index (χ3n) is 3.70. The van der Waals surface area contributed by atoms with Crippen LogP contribution in [-0.2, 0) is 10.0 Å². The number of hydrogen-bond donors (Lipinski definition) is 2. The first-order chi connectivity index (χ1) is 13.3. The second-order valence-electron chi connectivity index (χ2n) is 5.76. The molecule has 0 atom stereocenters. The summed E-state index contributed by atoms with van der Waals surface area (Å²) in [6.45, 7) is 1.66. The van der Waals surface area contributed by atoms with Crippen molar-refractivity contribution in [3.05, 3.63) is 63.4 Å². The molecule has 1 amide bonds. The first kappa shape index (κ1) is 20.1. The molecule has 28 heavy (non-hydrogen) atoms. The molecule has 0 aliphatic heterocycles. The minimum atomic E-state index is -3.81. The number of carbonyl (C=O) groups is 1. The van der Waals surface area contributed by atoms with E-state index in [0.717, 1.165) is 3.57 Å². The van der Waals surface area contributed by atoms with Crippen molar-refractivity contribution in [2.45, 2.75) is 11.8 Å². The summed E-state index contributed by atoms with van der Waals surface area (Å²) in [4.78, 5) is 12.4. The summed E-state index contributed by atoms with van der Waals surface area (Å²) < 4.78 is 37.9. The van der Waals surface area contributed by atoms with E-state index in [1.165, 1.54) is 30.3 Å². The van der Waals surface area contributed by atoms with Crippen LogP contribution in [0.5, 0.6) is 5.75 Å². The van der Waals surface area contributed by atoms with Crippen LogP contribution >= 0.6 is 22.6 Å². The van der Waals surface area contributed by atoms with Gasteiger partial charge in [-0.2, -0.15) is 0 Å². The fraction of sp³-hybridized carbons (Fsp3) is 0.111. The quantitative estimate of drug-likeness (QED) is 0.487. The molecule has 3 rings (SSSR count). The van der Waals surface area contributed by atoms with E-state index >= 15 is 0 Å². The van der Waals surface area contributed by atoms with Gasteiger partial charge >= 0.3 is 0 Å². The van der Waals surface area contributed by atoms with Crippen LogP contribution in [0.1, 0.15) is 16.1 Å². The van der Waals surface area contributed by atoms with Crippen molar-refractivity contribution in [3.8, 4) is 5.75 Å². The highest BCUT2D eigenvalue weighted by Crippen LogP contribution is 2.23. The predicted octanol–water partition coefficient (Wildman–Crippen LogP) is 3.65. The van der Waals surface area contributed by atoms with Gasteiger partial charge in [0.2, 0.25) is 0 Å². The standard InChI is InChI=1S/C18H16IN3O5S/c1-11-9-17(21-27-11)22-28(24,25)14-6-4-13(5-7-14)20-18(23)12-3-8-16(26-2)15(19)10-12/h3-10H,1-2H3,(H,20,23)(H,21,22). The summed E-state index contributed by atoms with van der Waals surface area (Å²) in [5.41, 5.74) is 0.928. The molecule has 3 aromatic rings. The average Bonchev–Trinajstić information content (AvgIpc) is 3.06. The van der Waals surface area contributed by atoms with Gasteiger partial charge < -0.3 is 14.6 Å². The molecule has 0 saturated heterocycles. The first-order valence-electron chi connectivity index (χ1n) is 7.99. The van der Waals surface area contributed by atoms with E-state index in [1.807, 2.05) is 0 Å². The predicted molar refractivity (Wildman–Crippen MR) is 112 cm³/mol. The van der Waals surface area contributed by atoms with Gasteiger partial charge in [0.05, 0.1) is 15.6 Å². The molecule has 0 bridgehead atoms. The summed E-state index contributed by atoms with van der Waals surface area (Å²) in [5, 5.41) is 6.33. The summed E-state index contributed by atoms with van der Waals surface area (Å²) >= 11 is 2.08. The van der Waals surface area contributed by atoms with E-state index in [9.17, 15) is 13.2 Å². The maximum Gasteiger partial charge on any atom is 0.263 e. The fourth-order valence-corrected chi connectivity index (χ4v) is 4.06. The normalized spacial score (nSPS) is 11.1. The Morgan fingerprint density at radius 2 is 1.86 bits per heavy atom. The Morgan fingerprint density at radius 1 is 1.14 bits per heavy atom. The van der Waals surface area contributed by atoms with Gasteiger partial charge in [0, 0.05) is 17.3 Å². The maximum absolute atomic E-state index is 12.4. The highest BCUT2D eigenvalue weighted by atomic mass is 127. The van der Waals surface area contributed by atoms with Crippen LogP contribution < -0.4 is 14.8 Å². The van der Waals surface area contributed by atoms with Gasteiger partial charge in [0.15, 0.2) is 5.82 Å². The van der Waals surface area contributed by atoms with Gasteiger partial charge in [-0.15, -0.1) is 0 Å². The molecular weight excluding hydrogens is 497 g/mol. The lowest BCUT2D eigenvalue weighted by molar-refractivity contribution is 0.102. The van der Waals surface area contributed by atoms with E-state index < -0.39 is 10.0 Å². The SMILES string of the molecule is COc1ccc(C(=O)Nc2ccc(S(=O)(=O)Nc3cc(C)on3)cc2)cc1I. The minimum Gasteiger partial charge on any atom is -0.496 e. The topological polar surface area (TPSA) is 111 Å². The van der Waals surface area contributed by atoms with Crippen molar-refractivity contribution >= 4 is 50.0 Å². The summed E-state index contributed by atoms with van der Waals surface area (Å²) in [7, 11) is -2.25. The third-order valence-corrected chi connectivity index (χ3v) is 5.92. The van der Waals surface area contributed by atoms with Gasteiger partial charge in [-0.05, 0) is 72.0 Å². The van der Waals surface area contributed by atoms with Gasteiger partial charge in [0.1, 0.15) is 11.5 Å². The Bertz CT molecular complexity index is 1110. The molecule has 2 N–H and O–H groups in total. The lowest BCUT2D eigenvalue weighted by atomic mass is 10.2. The molecule has 2 aromatic carbocycles. The number of halogens is 1. The fourth-order valence-electron chi connectivity index (χ4n) is 2.34. The van der Waals surface area contributed by atoms with Crippen LogP contribution in [0.15, 0.2) is 57.9 Å². The molecule has 8 nitrogen and oxygen atoms in total. The molecule has 10 heteroatoms. The van der Waals surface area contributed by atoms with Crippen LogP contribution in [0.2, 0.25) is 0 Å². The number of methoxy groups -OCH3 is 1. The number of aryl methyl sites for hydroxylation is 1. The molecule has 0 spiro atoms. The highest BCUT2D eigenvalue weighted by Gasteiger charge is 2.16. The van der Waals surface area contributed by atoms with Crippen molar-refractivity contribution in [2.75, 3.05) is 17.1 Å². The van der Waals surface area contributed by atoms with Crippen LogP contribution in [0.25, 0.3) is 0 Å². The molecule has 0 saturated carbocycles. The van der Waals surface area contributed by atoms with Crippen molar-refractivity contribution < 1.29 is 22.5 Å². The summed E-state index contributed by atoms with van der Waals surface area (Å²) in [6, 6.07) is 12.3. The maximum atomic E-state index is 12.4. The number of ether oxygens (including phenoxy) is 1. The average molecular weight is 513 g/mol. The molecule has 1 heterocycles. The molecular formula is C18H16IN3O5S. The van der Waals surface area contributed by atoms with E-state index in [0.29, 0.717) is 22.8 Å². The van der Waals surface area contributed by atoms with E-state index in [1.54, 1.807) is 32.2 Å². The minimum absolute atomic E-state index is 0.0325. The van der Waals surface area contributed by atoms with Crippen molar-refractivity contribution in [1.82, 2.24) is 5.16 Å². The second-order valence-corrected chi connectivity index (χ2v) is 8.60. The van der Waals surface area contributed by atoms with Crippen LogP contribution in [0.3, 0.4) is 0 Å². The number of hydrogen-bond acceptors (Lipinski definition) is 6. The molecule has 146 valence electrons. The molecule has 0 radical (unpaired) electrons. The monoisotopic (exact) mass is 513 g/mol. The highest BCUT2D eigenvalue weighted by molar-refractivity contribution is 14.1. The molecule has 0 aliphatic rings. The molecule has 0 aliphatic carbocycles. The molecule has 1 aromatic heterocycles. The van der Waals surface area contributed by atoms with Gasteiger partial charge in [0.25, 0.3) is 15.9 Å². The largest absolute Gasteiger partial charge is 0.496 e. The number of rotatable bonds is 6. The van der Waals surface area contributed by atoms with Crippen molar-refractivity contribution in [3.63, 3.8) is 0 Å². The lowest BCUT2D eigenvalue weighted by Gasteiger charge is -2.09. The van der Waals surface area contributed by atoms with E-state index in [2.05, 4.69) is 37.8 Å². The van der Waals surface area contributed by atoms with Gasteiger partial charge in [-0.3, -0.25) is 9.52 Å². The van der Waals surface area contributed by atoms with Crippen molar-refractivity contribution in [1.29, 1.82) is 0 Å². The van der Waals surface area contributed by atoms with Crippen LogP contribution in [0, 0.1) is 10.5 Å². The second kappa shape index (κ2) is 8.19. The van der Waals surface area contributed by atoms with Crippen LogP contribution in [-0.4, -0.2) is 26.6 Å². The number of carbonyl (C=O) groups excluding carboxylic acids is 1. The van der Waals surface area contributed by atoms with E-state index in [-0.39, 0.29) is 16.6 Å². The van der Waals surface area contributed by atoms with Crippen LogP contribution in [0.4, 0.5) is 11.5 Å². The lowest BCUT2D eigenvalue weighted by Crippen LogP contribution is -2.14. The first-order valence-corrected chi connectivity index (χ1v) is 10.6. The Balaban J connectivity index is 1.71. The number of anilines is 2. The Kier molecular flexibility index (Phi) is 5.89. The molecule has 0 fully saturated rings. The number of aromatic nitrogens is 1. The number of nitrogens with one attached hydrogen (secondary N) is 2. The zero-order chi connectivity index (χ0) is 20.3. The van der Waals surface area contributed by atoms with E-state index in [4.69, 9.17) is 9.26 Å². The smallest absolute Gasteiger partial charge is 0.263 e. The summed E-state index contributed by atoms with van der Waals surface area (Å²) in [6.07, 6.45) is 0. The Hall–Kier alpha value is -2.60. The number of benzene rings is 2. The number of sulfonamides is 1. The zero-order valence-corrected chi connectivity index (χ0v) is 17.9.